The third-order valence-corrected chi connectivity index (χ3v) is 6.57. The van der Waals surface area contributed by atoms with Crippen molar-refractivity contribution in [1.82, 2.24) is 9.29 Å². The molecule has 6 nitrogen and oxygen atoms in total. The number of nitrogens with one attached hydrogen (secondary N) is 1. The van der Waals surface area contributed by atoms with E-state index in [1.54, 1.807) is 10.4 Å². The number of benzene rings is 1. The fraction of sp³-hybridized carbons (Fsp3) is 0.400. The number of amides is 1. The number of nitrogens with zero attached hydrogens (tertiary/aromatic N) is 2. The van der Waals surface area contributed by atoms with Crippen LogP contribution in [0.25, 0.3) is 0 Å². The van der Waals surface area contributed by atoms with Crippen LogP contribution in [0, 0.1) is 18.8 Å². The van der Waals surface area contributed by atoms with E-state index in [1.807, 2.05) is 19.1 Å². The van der Waals surface area contributed by atoms with Gasteiger partial charge in [0.2, 0.25) is 10.0 Å². The van der Waals surface area contributed by atoms with Crippen LogP contribution in [0.1, 0.15) is 36.3 Å². The van der Waals surface area contributed by atoms with Crippen molar-refractivity contribution in [2.24, 2.45) is 11.8 Å². The van der Waals surface area contributed by atoms with Gasteiger partial charge in [-0.2, -0.15) is 4.31 Å². The summed E-state index contributed by atoms with van der Waals surface area (Å²) in [5.74, 6) is 0.830. The number of piperidine rings is 1. The second-order valence-corrected chi connectivity index (χ2v) is 9.35. The van der Waals surface area contributed by atoms with Crippen LogP contribution in [0.3, 0.4) is 0 Å². The van der Waals surface area contributed by atoms with Gasteiger partial charge in [-0.25, -0.2) is 13.4 Å². The summed E-state index contributed by atoms with van der Waals surface area (Å²) in [6.07, 6.45) is 1.04. The fourth-order valence-electron chi connectivity index (χ4n) is 3.53. The van der Waals surface area contributed by atoms with E-state index in [4.69, 9.17) is 0 Å². The number of hydrogen-bond acceptors (Lipinski definition) is 4. The van der Waals surface area contributed by atoms with Gasteiger partial charge in [-0.05, 0) is 61.6 Å². The van der Waals surface area contributed by atoms with Gasteiger partial charge in [0.1, 0.15) is 5.82 Å². The molecule has 7 heteroatoms. The van der Waals surface area contributed by atoms with Crippen molar-refractivity contribution in [1.29, 1.82) is 0 Å². The fourth-order valence-corrected chi connectivity index (χ4v) is 5.21. The van der Waals surface area contributed by atoms with Gasteiger partial charge in [-0.3, -0.25) is 4.79 Å². The summed E-state index contributed by atoms with van der Waals surface area (Å²) in [4.78, 5) is 16.8. The number of hydrogen-bond donors (Lipinski definition) is 1. The maximum Gasteiger partial charge on any atom is 0.256 e. The summed E-state index contributed by atoms with van der Waals surface area (Å²) in [6.45, 7) is 7.06. The van der Waals surface area contributed by atoms with E-state index in [-0.39, 0.29) is 10.8 Å². The summed E-state index contributed by atoms with van der Waals surface area (Å²) < 4.78 is 27.4. The SMILES string of the molecule is Cc1cccc(NC(=O)c2ccc(S(=O)(=O)N3CC(C)CC(C)C3)cc2)n1. The number of carbonyl (C=O) groups excluding carboxylic acids is 1. The number of sulfonamides is 1. The number of carbonyl (C=O) groups is 1. The van der Waals surface area contributed by atoms with Crippen LogP contribution in [-0.4, -0.2) is 36.7 Å². The van der Waals surface area contributed by atoms with Crippen molar-refractivity contribution in [2.45, 2.75) is 32.1 Å². The molecule has 1 aromatic heterocycles. The third kappa shape index (κ3) is 4.54. The Morgan fingerprint density at radius 1 is 1.07 bits per heavy atom. The predicted molar refractivity (Wildman–Crippen MR) is 105 cm³/mol. The number of aryl methyl sites for hydroxylation is 1. The highest BCUT2D eigenvalue weighted by Crippen LogP contribution is 2.26. The molecular formula is C20H25N3O3S. The zero-order valence-corrected chi connectivity index (χ0v) is 16.7. The van der Waals surface area contributed by atoms with Crippen LogP contribution in [-0.2, 0) is 10.0 Å². The van der Waals surface area contributed by atoms with Crippen molar-refractivity contribution in [2.75, 3.05) is 18.4 Å². The summed E-state index contributed by atoms with van der Waals surface area (Å²) in [6, 6.07) is 11.4. The maximum absolute atomic E-state index is 12.9. The quantitative estimate of drug-likeness (QED) is 0.873. The lowest BCUT2D eigenvalue weighted by atomic mass is 9.94. The molecule has 2 aromatic rings. The molecule has 1 saturated heterocycles. The zero-order valence-electron chi connectivity index (χ0n) is 15.8. The molecule has 0 spiro atoms. The highest BCUT2D eigenvalue weighted by atomic mass is 32.2. The number of pyridine rings is 1. The number of rotatable bonds is 4. The minimum atomic E-state index is -3.55. The van der Waals surface area contributed by atoms with E-state index in [2.05, 4.69) is 24.1 Å². The molecule has 0 bridgehead atoms. The molecule has 144 valence electrons. The molecule has 1 aliphatic heterocycles. The Morgan fingerprint density at radius 3 is 2.30 bits per heavy atom. The topological polar surface area (TPSA) is 79.4 Å². The lowest BCUT2D eigenvalue weighted by Crippen LogP contribution is -2.42. The van der Waals surface area contributed by atoms with Crippen molar-refractivity contribution in [3.05, 3.63) is 53.7 Å². The second-order valence-electron chi connectivity index (χ2n) is 7.41. The van der Waals surface area contributed by atoms with Crippen LogP contribution in [0.4, 0.5) is 5.82 Å². The lowest BCUT2D eigenvalue weighted by molar-refractivity contribution is 0.102. The average molecular weight is 388 g/mol. The zero-order chi connectivity index (χ0) is 19.6. The molecule has 0 radical (unpaired) electrons. The monoisotopic (exact) mass is 387 g/mol. The van der Waals surface area contributed by atoms with E-state index >= 15 is 0 Å². The molecular weight excluding hydrogens is 362 g/mol. The molecule has 27 heavy (non-hydrogen) atoms. The van der Waals surface area contributed by atoms with Gasteiger partial charge in [0, 0.05) is 24.3 Å². The lowest BCUT2D eigenvalue weighted by Gasteiger charge is -2.34. The van der Waals surface area contributed by atoms with Gasteiger partial charge in [-0.1, -0.05) is 19.9 Å². The maximum atomic E-state index is 12.9. The van der Waals surface area contributed by atoms with Gasteiger partial charge in [-0.15, -0.1) is 0 Å². The Morgan fingerprint density at radius 2 is 1.70 bits per heavy atom. The Bertz CT molecular complexity index is 916. The molecule has 2 heterocycles. The van der Waals surface area contributed by atoms with Gasteiger partial charge in [0.15, 0.2) is 0 Å². The highest BCUT2D eigenvalue weighted by Gasteiger charge is 2.31. The first-order chi connectivity index (χ1) is 12.8. The Labute approximate surface area is 160 Å². The van der Waals surface area contributed by atoms with Crippen LogP contribution < -0.4 is 5.32 Å². The summed E-state index contributed by atoms with van der Waals surface area (Å²) in [5, 5.41) is 2.72. The second kappa shape index (κ2) is 7.78. The smallest absolute Gasteiger partial charge is 0.256 e. The molecule has 3 rings (SSSR count). The van der Waals surface area contributed by atoms with Crippen LogP contribution in [0.5, 0.6) is 0 Å². The van der Waals surface area contributed by atoms with Crippen molar-refractivity contribution < 1.29 is 13.2 Å². The first kappa shape index (κ1) is 19.5. The summed E-state index contributed by atoms with van der Waals surface area (Å²) >= 11 is 0. The van der Waals surface area contributed by atoms with Gasteiger partial charge >= 0.3 is 0 Å². The first-order valence-electron chi connectivity index (χ1n) is 9.11. The van der Waals surface area contributed by atoms with Crippen molar-refractivity contribution in [3.63, 3.8) is 0 Å². The van der Waals surface area contributed by atoms with E-state index in [0.717, 1.165) is 12.1 Å². The van der Waals surface area contributed by atoms with E-state index in [0.29, 0.717) is 36.3 Å². The Balaban J connectivity index is 1.75. The van der Waals surface area contributed by atoms with Crippen molar-refractivity contribution in [3.8, 4) is 0 Å². The van der Waals surface area contributed by atoms with Crippen LogP contribution in [0.2, 0.25) is 0 Å². The summed E-state index contributed by atoms with van der Waals surface area (Å²) in [5.41, 5.74) is 1.19. The van der Waals surface area contributed by atoms with Gasteiger partial charge in [0.25, 0.3) is 5.91 Å². The molecule has 0 saturated carbocycles. The molecule has 1 aliphatic rings. The highest BCUT2D eigenvalue weighted by molar-refractivity contribution is 7.89. The molecule has 1 amide bonds. The first-order valence-corrected chi connectivity index (χ1v) is 10.5. The van der Waals surface area contributed by atoms with E-state index < -0.39 is 10.0 Å². The standard InChI is InChI=1S/C20H25N3O3S/c1-14-11-15(2)13-23(12-14)27(25,26)18-9-7-17(8-10-18)20(24)22-19-6-4-5-16(3)21-19/h4-10,14-15H,11-13H2,1-3H3,(H,21,22,24). The number of aromatic nitrogens is 1. The minimum absolute atomic E-state index is 0.217. The third-order valence-electron chi connectivity index (χ3n) is 4.72. The largest absolute Gasteiger partial charge is 0.307 e. The Kier molecular flexibility index (Phi) is 5.62. The van der Waals surface area contributed by atoms with E-state index in [9.17, 15) is 13.2 Å². The number of anilines is 1. The summed E-state index contributed by atoms with van der Waals surface area (Å²) in [7, 11) is -3.55. The average Bonchev–Trinajstić information content (AvgIpc) is 2.61. The molecule has 2 unspecified atom stereocenters. The molecule has 1 aromatic carbocycles. The molecule has 2 atom stereocenters. The van der Waals surface area contributed by atoms with Crippen LogP contribution >= 0.6 is 0 Å². The van der Waals surface area contributed by atoms with Crippen molar-refractivity contribution >= 4 is 21.7 Å². The molecule has 1 fully saturated rings. The molecule has 1 N–H and O–H groups in total. The van der Waals surface area contributed by atoms with Crippen LogP contribution in [0.15, 0.2) is 47.4 Å². The minimum Gasteiger partial charge on any atom is -0.307 e. The normalized spacial score (nSPS) is 21.0. The predicted octanol–water partition coefficient (Wildman–Crippen LogP) is 3.31. The molecule has 0 aliphatic carbocycles. The van der Waals surface area contributed by atoms with E-state index in [1.165, 1.54) is 24.3 Å². The van der Waals surface area contributed by atoms with Gasteiger partial charge in [0.05, 0.1) is 4.90 Å². The van der Waals surface area contributed by atoms with Gasteiger partial charge < -0.3 is 5.32 Å². The Hall–Kier alpha value is -2.25.